The van der Waals surface area contributed by atoms with Gasteiger partial charge in [-0.25, -0.2) is 8.42 Å². The molecule has 0 aliphatic carbocycles. The number of rotatable bonds is 4. The third-order valence-corrected chi connectivity index (χ3v) is 6.69. The summed E-state index contributed by atoms with van der Waals surface area (Å²) in [6.07, 6.45) is -4.78. The van der Waals surface area contributed by atoms with E-state index < -0.39 is 32.4 Å². The monoisotopic (exact) mass is 449 g/mol. The van der Waals surface area contributed by atoms with E-state index in [0.29, 0.717) is 11.1 Å². The molecule has 0 unspecified atom stereocenters. The van der Waals surface area contributed by atoms with Gasteiger partial charge >= 0.3 is 6.18 Å². The smallest absolute Gasteiger partial charge is 0.368 e. The molecule has 3 rings (SSSR count). The van der Waals surface area contributed by atoms with E-state index in [4.69, 9.17) is 11.6 Å². The average molecular weight is 450 g/mol. The molecule has 1 fully saturated rings. The quantitative estimate of drug-likeness (QED) is 0.524. The summed E-state index contributed by atoms with van der Waals surface area (Å²) in [5, 5.41) is 11.2. The lowest BCUT2D eigenvalue weighted by Gasteiger charge is -2.36. The van der Waals surface area contributed by atoms with Gasteiger partial charge in [-0.2, -0.15) is 17.5 Å². The molecule has 2 aromatic carbocycles. The van der Waals surface area contributed by atoms with Crippen LogP contribution in [0.5, 0.6) is 0 Å². The van der Waals surface area contributed by atoms with Gasteiger partial charge in [-0.3, -0.25) is 10.1 Å². The molecule has 0 amide bonds. The topological polar surface area (TPSA) is 83.8 Å². The molecule has 0 N–H and O–H groups in total. The number of benzene rings is 2. The Morgan fingerprint density at radius 3 is 2.10 bits per heavy atom. The minimum absolute atomic E-state index is 0.00765. The molecule has 29 heavy (non-hydrogen) atoms. The van der Waals surface area contributed by atoms with Crippen LogP contribution in [0.2, 0.25) is 5.02 Å². The van der Waals surface area contributed by atoms with E-state index in [2.05, 4.69) is 0 Å². The van der Waals surface area contributed by atoms with E-state index in [-0.39, 0.29) is 36.8 Å². The van der Waals surface area contributed by atoms with Crippen LogP contribution in [0.3, 0.4) is 0 Å². The zero-order chi connectivity index (χ0) is 21.4. The lowest BCUT2D eigenvalue weighted by Crippen LogP contribution is -2.49. The predicted octanol–water partition coefficient (Wildman–Crippen LogP) is 3.78. The zero-order valence-corrected chi connectivity index (χ0v) is 16.3. The number of sulfonamides is 1. The van der Waals surface area contributed by atoms with E-state index >= 15 is 0 Å². The highest BCUT2D eigenvalue weighted by atomic mass is 35.5. The summed E-state index contributed by atoms with van der Waals surface area (Å²) in [6.45, 7) is -0.0418. The second-order valence-electron chi connectivity index (χ2n) is 6.30. The van der Waals surface area contributed by atoms with Crippen LogP contribution < -0.4 is 4.90 Å². The van der Waals surface area contributed by atoms with Crippen molar-refractivity contribution < 1.29 is 26.5 Å². The van der Waals surface area contributed by atoms with Crippen LogP contribution in [0.15, 0.2) is 47.4 Å². The Morgan fingerprint density at radius 1 is 1.00 bits per heavy atom. The van der Waals surface area contributed by atoms with Crippen LogP contribution in [-0.2, 0) is 16.2 Å². The number of anilines is 1. The summed E-state index contributed by atoms with van der Waals surface area (Å²) in [6, 6.07) is 8.15. The minimum Gasteiger partial charge on any atom is -0.368 e. The maximum absolute atomic E-state index is 13.4. The third-order valence-electron chi connectivity index (χ3n) is 4.53. The van der Waals surface area contributed by atoms with Crippen molar-refractivity contribution in [2.75, 3.05) is 31.1 Å². The lowest BCUT2D eigenvalue weighted by molar-refractivity contribution is -0.385. The molecule has 7 nitrogen and oxygen atoms in total. The van der Waals surface area contributed by atoms with E-state index in [0.717, 1.165) is 12.1 Å². The first kappa shape index (κ1) is 21.3. The van der Waals surface area contributed by atoms with Gasteiger partial charge in [-0.05, 0) is 30.3 Å². The highest BCUT2D eigenvalue weighted by molar-refractivity contribution is 7.89. The van der Waals surface area contributed by atoms with Crippen molar-refractivity contribution in [3.8, 4) is 0 Å². The molecule has 0 bridgehead atoms. The first-order chi connectivity index (χ1) is 13.5. The number of piperazine rings is 1. The molecule has 0 aromatic heterocycles. The van der Waals surface area contributed by atoms with Crippen LogP contribution in [0.1, 0.15) is 5.56 Å². The fourth-order valence-corrected chi connectivity index (χ4v) is 4.61. The molecule has 12 heteroatoms. The summed E-state index contributed by atoms with van der Waals surface area (Å²) >= 11 is 5.77. The molecule has 1 heterocycles. The highest BCUT2D eigenvalue weighted by Crippen LogP contribution is 2.39. The van der Waals surface area contributed by atoms with Gasteiger partial charge in [-0.15, -0.1) is 0 Å². The van der Waals surface area contributed by atoms with Gasteiger partial charge < -0.3 is 4.90 Å². The van der Waals surface area contributed by atoms with Crippen LogP contribution in [0.4, 0.5) is 24.5 Å². The number of non-ortho nitro benzene ring substituents is 1. The van der Waals surface area contributed by atoms with Crippen LogP contribution in [-0.4, -0.2) is 43.8 Å². The SMILES string of the molecule is O=[N+]([O-])c1ccc(N2CCN(S(=O)(=O)c3ccc(Cl)cc3)CC2)c(C(F)(F)F)c1. The Bertz CT molecular complexity index is 1020. The van der Waals surface area contributed by atoms with Crippen molar-refractivity contribution in [3.63, 3.8) is 0 Å². The van der Waals surface area contributed by atoms with E-state index in [1.54, 1.807) is 0 Å². The molecule has 1 saturated heterocycles. The second-order valence-corrected chi connectivity index (χ2v) is 8.68. The van der Waals surface area contributed by atoms with Gasteiger partial charge in [0.2, 0.25) is 10.0 Å². The van der Waals surface area contributed by atoms with Crippen LogP contribution >= 0.6 is 11.6 Å². The molecular formula is C17H15ClF3N3O4S. The lowest BCUT2D eigenvalue weighted by atomic mass is 10.1. The fourth-order valence-electron chi connectivity index (χ4n) is 3.07. The summed E-state index contributed by atoms with van der Waals surface area (Å²) < 4.78 is 66.8. The average Bonchev–Trinajstić information content (AvgIpc) is 2.67. The van der Waals surface area contributed by atoms with Gasteiger partial charge in [0.25, 0.3) is 5.69 Å². The van der Waals surface area contributed by atoms with Gasteiger partial charge in [0.1, 0.15) is 0 Å². The molecule has 156 valence electrons. The number of nitrogens with zero attached hydrogens (tertiary/aromatic N) is 3. The second kappa shape index (κ2) is 7.81. The van der Waals surface area contributed by atoms with Crippen LogP contribution in [0.25, 0.3) is 0 Å². The molecule has 1 aliphatic heterocycles. The summed E-state index contributed by atoms with van der Waals surface area (Å²) in [5.41, 5.74) is -2.00. The first-order valence-corrected chi connectivity index (χ1v) is 10.2. The van der Waals surface area contributed by atoms with Crippen molar-refractivity contribution in [1.29, 1.82) is 0 Å². The van der Waals surface area contributed by atoms with Gasteiger partial charge in [0.15, 0.2) is 0 Å². The maximum atomic E-state index is 13.4. The van der Waals surface area contributed by atoms with Crippen molar-refractivity contribution in [2.45, 2.75) is 11.1 Å². The zero-order valence-electron chi connectivity index (χ0n) is 14.8. The number of alkyl halides is 3. The highest BCUT2D eigenvalue weighted by Gasteiger charge is 2.38. The molecule has 0 spiro atoms. The molecule has 0 saturated carbocycles. The third kappa shape index (κ3) is 4.46. The van der Waals surface area contributed by atoms with E-state index in [9.17, 15) is 31.7 Å². The van der Waals surface area contributed by atoms with Gasteiger partial charge in [0, 0.05) is 49.0 Å². The van der Waals surface area contributed by atoms with Crippen LogP contribution in [0, 0.1) is 10.1 Å². The molecule has 0 radical (unpaired) electrons. The van der Waals surface area contributed by atoms with Gasteiger partial charge in [-0.1, -0.05) is 11.6 Å². The summed E-state index contributed by atoms with van der Waals surface area (Å²) in [4.78, 5) is 11.3. The Kier molecular flexibility index (Phi) is 5.74. The summed E-state index contributed by atoms with van der Waals surface area (Å²) in [5.74, 6) is 0. The van der Waals surface area contributed by atoms with Crippen molar-refractivity contribution >= 4 is 33.0 Å². The van der Waals surface area contributed by atoms with Crippen molar-refractivity contribution in [1.82, 2.24) is 4.31 Å². The molecule has 2 aromatic rings. The Morgan fingerprint density at radius 2 is 1.59 bits per heavy atom. The van der Waals surface area contributed by atoms with E-state index in [1.807, 2.05) is 0 Å². The first-order valence-electron chi connectivity index (χ1n) is 8.36. The molecule has 0 atom stereocenters. The standard InChI is InChI=1S/C17H15ClF3N3O4S/c18-12-1-4-14(5-2-12)29(27,28)23-9-7-22(8-10-23)16-6-3-13(24(25)26)11-15(16)17(19,20)21/h1-6,11H,7-10H2. The maximum Gasteiger partial charge on any atom is 0.418 e. The fraction of sp³-hybridized carbons (Fsp3) is 0.294. The summed E-state index contributed by atoms with van der Waals surface area (Å²) in [7, 11) is -3.80. The molecular weight excluding hydrogens is 435 g/mol. The van der Waals surface area contributed by atoms with Crippen molar-refractivity contribution in [3.05, 3.63) is 63.2 Å². The normalized spacial score (nSPS) is 16.1. The largest absolute Gasteiger partial charge is 0.418 e. The Balaban J connectivity index is 1.82. The number of nitro groups is 1. The number of hydrogen-bond acceptors (Lipinski definition) is 5. The predicted molar refractivity (Wildman–Crippen MR) is 101 cm³/mol. The Labute approximate surface area is 169 Å². The van der Waals surface area contributed by atoms with Crippen molar-refractivity contribution in [2.24, 2.45) is 0 Å². The number of hydrogen-bond donors (Lipinski definition) is 0. The van der Waals surface area contributed by atoms with Gasteiger partial charge in [0.05, 0.1) is 15.4 Å². The van der Waals surface area contributed by atoms with E-state index in [1.165, 1.54) is 33.5 Å². The molecule has 1 aliphatic rings. The number of halogens is 4. The number of nitro benzene ring substituents is 1. The minimum atomic E-state index is -4.78. The Hall–Kier alpha value is -2.37.